The van der Waals surface area contributed by atoms with Gasteiger partial charge in [0.25, 0.3) is 0 Å². The standard InChI is InChI=1S/C9H12N2O2S/c1-13-7-5-6(9(10)11-12)3-4-8(7)14-2/h3-5,12H,1-2H3,(H2,10,11). The number of amidine groups is 1. The molecule has 0 bridgehead atoms. The van der Waals surface area contributed by atoms with Crippen LogP contribution in [-0.4, -0.2) is 24.4 Å². The van der Waals surface area contributed by atoms with Crippen molar-refractivity contribution in [2.24, 2.45) is 10.9 Å². The number of hydrogen-bond donors (Lipinski definition) is 2. The fourth-order valence-electron chi connectivity index (χ4n) is 1.05. The minimum atomic E-state index is 0.0796. The second kappa shape index (κ2) is 4.76. The molecule has 76 valence electrons. The molecule has 14 heavy (non-hydrogen) atoms. The molecule has 0 amide bonds. The summed E-state index contributed by atoms with van der Waals surface area (Å²) in [5.41, 5.74) is 6.09. The zero-order valence-corrected chi connectivity index (χ0v) is 8.84. The molecule has 5 heteroatoms. The Hall–Kier alpha value is -1.36. The normalized spacial score (nSPS) is 11.4. The molecule has 1 rings (SSSR count). The highest BCUT2D eigenvalue weighted by Gasteiger charge is 2.05. The predicted molar refractivity (Wildman–Crippen MR) is 57.3 cm³/mol. The van der Waals surface area contributed by atoms with Crippen LogP contribution in [-0.2, 0) is 0 Å². The van der Waals surface area contributed by atoms with Gasteiger partial charge in [0.05, 0.1) is 7.11 Å². The molecule has 0 unspecified atom stereocenters. The van der Waals surface area contributed by atoms with E-state index in [1.165, 1.54) is 0 Å². The van der Waals surface area contributed by atoms with E-state index in [9.17, 15) is 0 Å². The molecule has 1 aromatic rings. The number of rotatable bonds is 3. The van der Waals surface area contributed by atoms with Crippen LogP contribution in [0.4, 0.5) is 0 Å². The maximum atomic E-state index is 8.50. The highest BCUT2D eigenvalue weighted by molar-refractivity contribution is 7.98. The second-order valence-corrected chi connectivity index (χ2v) is 3.40. The molecular weight excluding hydrogens is 200 g/mol. The molecule has 0 spiro atoms. The van der Waals surface area contributed by atoms with E-state index in [4.69, 9.17) is 15.7 Å². The zero-order valence-electron chi connectivity index (χ0n) is 8.02. The second-order valence-electron chi connectivity index (χ2n) is 2.56. The van der Waals surface area contributed by atoms with Crippen molar-refractivity contribution in [1.29, 1.82) is 0 Å². The Morgan fingerprint density at radius 1 is 1.57 bits per heavy atom. The molecule has 0 aliphatic rings. The van der Waals surface area contributed by atoms with Crippen molar-refractivity contribution in [3.63, 3.8) is 0 Å². The molecule has 0 heterocycles. The molecule has 0 saturated heterocycles. The fourth-order valence-corrected chi connectivity index (χ4v) is 1.60. The van der Waals surface area contributed by atoms with Crippen LogP contribution < -0.4 is 10.5 Å². The van der Waals surface area contributed by atoms with Gasteiger partial charge in [-0.3, -0.25) is 0 Å². The maximum Gasteiger partial charge on any atom is 0.170 e. The van der Waals surface area contributed by atoms with Gasteiger partial charge in [-0.2, -0.15) is 0 Å². The molecule has 0 aliphatic heterocycles. The van der Waals surface area contributed by atoms with Gasteiger partial charge in [-0.1, -0.05) is 5.16 Å². The van der Waals surface area contributed by atoms with Crippen LogP contribution >= 0.6 is 11.8 Å². The number of nitrogens with zero attached hydrogens (tertiary/aromatic N) is 1. The topological polar surface area (TPSA) is 67.8 Å². The van der Waals surface area contributed by atoms with Crippen molar-refractivity contribution in [1.82, 2.24) is 0 Å². The van der Waals surface area contributed by atoms with Crippen molar-refractivity contribution < 1.29 is 9.94 Å². The summed E-state index contributed by atoms with van der Waals surface area (Å²) in [6, 6.07) is 5.39. The molecular formula is C9H12N2O2S. The lowest BCUT2D eigenvalue weighted by Crippen LogP contribution is -2.13. The summed E-state index contributed by atoms with van der Waals surface area (Å²) in [6.45, 7) is 0. The molecule has 0 aromatic heterocycles. The van der Waals surface area contributed by atoms with E-state index in [0.717, 1.165) is 10.6 Å². The van der Waals surface area contributed by atoms with Gasteiger partial charge in [-0.25, -0.2) is 0 Å². The first kappa shape index (κ1) is 10.7. The van der Waals surface area contributed by atoms with Crippen LogP contribution in [0.1, 0.15) is 5.56 Å². The largest absolute Gasteiger partial charge is 0.496 e. The van der Waals surface area contributed by atoms with Crippen molar-refractivity contribution in [2.75, 3.05) is 13.4 Å². The third-order valence-electron chi connectivity index (χ3n) is 1.79. The van der Waals surface area contributed by atoms with E-state index in [2.05, 4.69) is 5.16 Å². The highest BCUT2D eigenvalue weighted by Crippen LogP contribution is 2.28. The zero-order chi connectivity index (χ0) is 10.6. The number of oxime groups is 1. The van der Waals surface area contributed by atoms with Crippen LogP contribution in [0.5, 0.6) is 5.75 Å². The predicted octanol–water partition coefficient (Wildman–Crippen LogP) is 1.51. The Kier molecular flexibility index (Phi) is 3.64. The summed E-state index contributed by atoms with van der Waals surface area (Å²) >= 11 is 1.58. The number of hydrogen-bond acceptors (Lipinski definition) is 4. The van der Waals surface area contributed by atoms with Gasteiger partial charge >= 0.3 is 0 Å². The summed E-state index contributed by atoms with van der Waals surface area (Å²) in [5, 5.41) is 11.4. The van der Waals surface area contributed by atoms with E-state index < -0.39 is 0 Å². The first-order valence-electron chi connectivity index (χ1n) is 3.93. The van der Waals surface area contributed by atoms with E-state index in [1.54, 1.807) is 31.0 Å². The van der Waals surface area contributed by atoms with Crippen molar-refractivity contribution >= 4 is 17.6 Å². The third kappa shape index (κ3) is 2.11. The van der Waals surface area contributed by atoms with E-state index in [-0.39, 0.29) is 5.84 Å². The quantitative estimate of drug-likeness (QED) is 0.262. The van der Waals surface area contributed by atoms with E-state index >= 15 is 0 Å². The van der Waals surface area contributed by atoms with Crippen LogP contribution in [0.3, 0.4) is 0 Å². The number of benzene rings is 1. The molecule has 3 N–H and O–H groups in total. The first-order valence-corrected chi connectivity index (χ1v) is 5.15. The monoisotopic (exact) mass is 212 g/mol. The number of thioether (sulfide) groups is 1. The average Bonchev–Trinajstić information content (AvgIpc) is 2.26. The molecule has 0 aliphatic carbocycles. The van der Waals surface area contributed by atoms with Crippen molar-refractivity contribution in [3.8, 4) is 5.75 Å². The summed E-state index contributed by atoms with van der Waals surface area (Å²) in [5.74, 6) is 0.803. The van der Waals surface area contributed by atoms with Gasteiger partial charge in [0.1, 0.15) is 5.75 Å². The number of methoxy groups -OCH3 is 1. The summed E-state index contributed by atoms with van der Waals surface area (Å²) in [7, 11) is 1.59. The van der Waals surface area contributed by atoms with E-state index in [0.29, 0.717) is 5.56 Å². The lowest BCUT2D eigenvalue weighted by molar-refractivity contribution is 0.318. The van der Waals surface area contributed by atoms with Gasteiger partial charge in [0, 0.05) is 10.5 Å². The lowest BCUT2D eigenvalue weighted by Gasteiger charge is -2.07. The summed E-state index contributed by atoms with van der Waals surface area (Å²) in [6.07, 6.45) is 1.96. The lowest BCUT2D eigenvalue weighted by atomic mass is 10.2. The number of ether oxygens (including phenoxy) is 1. The third-order valence-corrected chi connectivity index (χ3v) is 2.56. The minimum Gasteiger partial charge on any atom is -0.496 e. The molecule has 0 saturated carbocycles. The SMILES string of the molecule is COc1cc(C(N)=NO)ccc1SC. The Morgan fingerprint density at radius 2 is 2.29 bits per heavy atom. The van der Waals surface area contributed by atoms with Crippen LogP contribution in [0.25, 0.3) is 0 Å². The smallest absolute Gasteiger partial charge is 0.170 e. The van der Waals surface area contributed by atoms with Gasteiger partial charge in [-0.05, 0) is 24.5 Å². The molecule has 1 aromatic carbocycles. The Bertz CT molecular complexity index is 353. The Balaban J connectivity index is 3.14. The molecule has 0 fully saturated rings. The van der Waals surface area contributed by atoms with E-state index in [1.807, 2.05) is 12.3 Å². The van der Waals surface area contributed by atoms with Crippen LogP contribution in [0, 0.1) is 0 Å². The average molecular weight is 212 g/mol. The van der Waals surface area contributed by atoms with Crippen molar-refractivity contribution in [2.45, 2.75) is 4.90 Å². The van der Waals surface area contributed by atoms with Gasteiger partial charge in [0.15, 0.2) is 5.84 Å². The first-order chi connectivity index (χ1) is 6.72. The molecule has 0 atom stereocenters. The van der Waals surface area contributed by atoms with Gasteiger partial charge in [0.2, 0.25) is 0 Å². The van der Waals surface area contributed by atoms with Crippen LogP contribution in [0.2, 0.25) is 0 Å². The van der Waals surface area contributed by atoms with Crippen molar-refractivity contribution in [3.05, 3.63) is 23.8 Å². The van der Waals surface area contributed by atoms with Crippen LogP contribution in [0.15, 0.2) is 28.3 Å². The summed E-state index contributed by atoms with van der Waals surface area (Å²) in [4.78, 5) is 1.02. The van der Waals surface area contributed by atoms with Gasteiger partial charge < -0.3 is 15.7 Å². The number of nitrogens with two attached hydrogens (primary N) is 1. The molecule has 4 nitrogen and oxygen atoms in total. The minimum absolute atomic E-state index is 0.0796. The Morgan fingerprint density at radius 3 is 2.79 bits per heavy atom. The maximum absolute atomic E-state index is 8.50. The summed E-state index contributed by atoms with van der Waals surface area (Å²) < 4.78 is 5.16. The highest BCUT2D eigenvalue weighted by atomic mass is 32.2. The Labute approximate surface area is 86.7 Å². The molecule has 0 radical (unpaired) electrons. The van der Waals surface area contributed by atoms with Gasteiger partial charge in [-0.15, -0.1) is 11.8 Å². The fraction of sp³-hybridized carbons (Fsp3) is 0.222.